The molecule has 0 aliphatic carbocycles. The van der Waals surface area contributed by atoms with Crippen molar-refractivity contribution >= 4 is 29.7 Å². The van der Waals surface area contributed by atoms with Gasteiger partial charge in [0.15, 0.2) is 6.61 Å². The van der Waals surface area contributed by atoms with Crippen LogP contribution in [0.2, 0.25) is 0 Å². The molecule has 2 N–H and O–H groups in total. The van der Waals surface area contributed by atoms with E-state index in [4.69, 9.17) is 4.74 Å². The van der Waals surface area contributed by atoms with Crippen LogP contribution in [0.5, 0.6) is 0 Å². The summed E-state index contributed by atoms with van der Waals surface area (Å²) in [5.74, 6) is -2.50. The van der Waals surface area contributed by atoms with Crippen LogP contribution in [-0.4, -0.2) is 53.3 Å². The summed E-state index contributed by atoms with van der Waals surface area (Å²) in [6.45, 7) is 4.44. The minimum Gasteiger partial charge on any atom is -0.456 e. The normalized spacial score (nSPS) is 13.2. The maximum Gasteiger partial charge on any atom is 0.321 e. The summed E-state index contributed by atoms with van der Waals surface area (Å²) in [6, 6.07) is 5.68. The van der Waals surface area contributed by atoms with Gasteiger partial charge in [0, 0.05) is 12.1 Å². The van der Waals surface area contributed by atoms with E-state index in [1.807, 2.05) is 5.32 Å². The van der Waals surface area contributed by atoms with E-state index in [1.165, 1.54) is 0 Å². The van der Waals surface area contributed by atoms with Crippen LogP contribution in [-0.2, 0) is 14.3 Å². The summed E-state index contributed by atoms with van der Waals surface area (Å²) < 4.78 is 4.76. The third-order valence-corrected chi connectivity index (χ3v) is 3.52. The van der Waals surface area contributed by atoms with E-state index in [9.17, 15) is 24.0 Å². The first-order valence-corrected chi connectivity index (χ1v) is 8.31. The highest BCUT2D eigenvalue weighted by Crippen LogP contribution is 2.22. The SMILES string of the molecule is CC(C)(C)NC(=O)NC(=O)COC(=O)CCN1C(=O)c2ccccc2C1=O. The first-order chi connectivity index (χ1) is 12.6. The number of nitrogens with zero attached hydrogens (tertiary/aromatic N) is 1. The Bertz CT molecular complexity index is 762. The van der Waals surface area contributed by atoms with Gasteiger partial charge in [-0.2, -0.15) is 0 Å². The van der Waals surface area contributed by atoms with Crippen LogP contribution in [0.3, 0.4) is 0 Å². The summed E-state index contributed by atoms with van der Waals surface area (Å²) >= 11 is 0. The van der Waals surface area contributed by atoms with Gasteiger partial charge in [0.1, 0.15) is 0 Å². The fourth-order valence-electron chi connectivity index (χ4n) is 2.40. The highest BCUT2D eigenvalue weighted by Gasteiger charge is 2.35. The van der Waals surface area contributed by atoms with Crippen LogP contribution < -0.4 is 10.6 Å². The van der Waals surface area contributed by atoms with Gasteiger partial charge in [-0.3, -0.25) is 29.4 Å². The number of amides is 5. The number of esters is 1. The predicted molar refractivity (Wildman–Crippen MR) is 93.8 cm³/mol. The fourth-order valence-corrected chi connectivity index (χ4v) is 2.40. The standard InChI is InChI=1S/C18H21N3O6/c1-18(2,3)20-17(26)19-13(22)10-27-14(23)8-9-21-15(24)11-6-4-5-7-12(11)16(21)25/h4-7H,8-10H2,1-3H3,(H2,19,20,22,26). The second kappa shape index (κ2) is 7.98. The van der Waals surface area contributed by atoms with Crippen molar-refractivity contribution in [2.75, 3.05) is 13.2 Å². The highest BCUT2D eigenvalue weighted by atomic mass is 16.5. The summed E-state index contributed by atoms with van der Waals surface area (Å²) in [5.41, 5.74) is 0.0631. The highest BCUT2D eigenvalue weighted by molar-refractivity contribution is 6.21. The quantitative estimate of drug-likeness (QED) is 0.581. The van der Waals surface area contributed by atoms with Crippen molar-refractivity contribution in [3.8, 4) is 0 Å². The maximum absolute atomic E-state index is 12.2. The first kappa shape index (κ1) is 20.1. The minimum atomic E-state index is -0.786. The molecular formula is C18H21N3O6. The zero-order valence-corrected chi connectivity index (χ0v) is 15.3. The lowest BCUT2D eigenvalue weighted by Gasteiger charge is -2.20. The van der Waals surface area contributed by atoms with Crippen molar-refractivity contribution in [2.24, 2.45) is 0 Å². The zero-order chi connectivity index (χ0) is 20.2. The molecule has 9 nitrogen and oxygen atoms in total. The van der Waals surface area contributed by atoms with Crippen LogP contribution in [0.15, 0.2) is 24.3 Å². The molecule has 5 amide bonds. The van der Waals surface area contributed by atoms with Gasteiger partial charge in [-0.15, -0.1) is 0 Å². The predicted octanol–water partition coefficient (Wildman–Crippen LogP) is 0.840. The topological polar surface area (TPSA) is 122 Å². The van der Waals surface area contributed by atoms with Gasteiger partial charge >= 0.3 is 12.0 Å². The second-order valence-electron chi connectivity index (χ2n) is 6.97. The van der Waals surface area contributed by atoms with Gasteiger partial charge in [-0.25, -0.2) is 4.79 Å². The number of benzene rings is 1. The number of imide groups is 2. The van der Waals surface area contributed by atoms with Gasteiger partial charge < -0.3 is 10.1 Å². The molecule has 1 aliphatic heterocycles. The molecule has 0 radical (unpaired) electrons. The van der Waals surface area contributed by atoms with E-state index in [0.29, 0.717) is 11.1 Å². The van der Waals surface area contributed by atoms with Crippen molar-refractivity contribution in [1.82, 2.24) is 15.5 Å². The number of urea groups is 1. The van der Waals surface area contributed by atoms with E-state index in [-0.39, 0.29) is 13.0 Å². The Morgan fingerprint density at radius 2 is 1.59 bits per heavy atom. The van der Waals surface area contributed by atoms with Crippen molar-refractivity contribution in [2.45, 2.75) is 32.7 Å². The number of carbonyl (C=O) groups is 5. The molecule has 27 heavy (non-hydrogen) atoms. The van der Waals surface area contributed by atoms with Crippen molar-refractivity contribution in [3.05, 3.63) is 35.4 Å². The summed E-state index contributed by atoms with van der Waals surface area (Å²) in [6.07, 6.45) is -0.257. The Morgan fingerprint density at radius 3 is 2.11 bits per heavy atom. The lowest BCUT2D eigenvalue weighted by Crippen LogP contribution is -2.49. The van der Waals surface area contributed by atoms with E-state index >= 15 is 0 Å². The largest absolute Gasteiger partial charge is 0.456 e. The summed E-state index contributed by atoms with van der Waals surface area (Å²) in [7, 11) is 0. The molecule has 0 fully saturated rings. The minimum absolute atomic E-state index is 0.155. The first-order valence-electron chi connectivity index (χ1n) is 8.31. The number of hydrogen-bond donors (Lipinski definition) is 2. The van der Waals surface area contributed by atoms with Crippen LogP contribution in [0.1, 0.15) is 47.9 Å². The number of hydrogen-bond acceptors (Lipinski definition) is 6. The average Bonchev–Trinajstić information content (AvgIpc) is 2.81. The molecule has 1 aliphatic rings. The van der Waals surface area contributed by atoms with E-state index in [1.54, 1.807) is 45.0 Å². The van der Waals surface area contributed by atoms with E-state index < -0.39 is 41.9 Å². The molecule has 1 heterocycles. The third kappa shape index (κ3) is 5.37. The van der Waals surface area contributed by atoms with Crippen molar-refractivity contribution in [1.29, 1.82) is 0 Å². The van der Waals surface area contributed by atoms with Crippen LogP contribution >= 0.6 is 0 Å². The molecule has 0 unspecified atom stereocenters. The van der Waals surface area contributed by atoms with E-state index in [2.05, 4.69) is 5.32 Å². The molecule has 144 valence electrons. The Labute approximate surface area is 156 Å². The lowest BCUT2D eigenvalue weighted by atomic mass is 10.1. The van der Waals surface area contributed by atoms with E-state index in [0.717, 1.165) is 4.90 Å². The Morgan fingerprint density at radius 1 is 1.04 bits per heavy atom. The average molecular weight is 375 g/mol. The monoisotopic (exact) mass is 375 g/mol. The number of carbonyl (C=O) groups excluding carboxylic acids is 5. The molecule has 0 atom stereocenters. The summed E-state index contributed by atoms with van der Waals surface area (Å²) in [4.78, 5) is 60.2. The maximum atomic E-state index is 12.2. The Kier molecular flexibility index (Phi) is 5.94. The molecule has 0 spiro atoms. The van der Waals surface area contributed by atoms with Gasteiger partial charge in [-0.1, -0.05) is 12.1 Å². The molecule has 2 rings (SSSR count). The van der Waals surface area contributed by atoms with Crippen molar-refractivity contribution in [3.63, 3.8) is 0 Å². The van der Waals surface area contributed by atoms with Gasteiger partial charge in [0.25, 0.3) is 17.7 Å². The van der Waals surface area contributed by atoms with Gasteiger partial charge in [0.05, 0.1) is 17.5 Å². The molecule has 0 bridgehead atoms. The molecule has 9 heteroatoms. The molecular weight excluding hydrogens is 354 g/mol. The molecule has 0 saturated heterocycles. The zero-order valence-electron chi connectivity index (χ0n) is 15.3. The molecule has 1 aromatic carbocycles. The van der Waals surface area contributed by atoms with Gasteiger partial charge in [-0.05, 0) is 32.9 Å². The number of nitrogens with one attached hydrogen (secondary N) is 2. The number of ether oxygens (including phenoxy) is 1. The van der Waals surface area contributed by atoms with Crippen molar-refractivity contribution < 1.29 is 28.7 Å². The number of fused-ring (bicyclic) bond motifs is 1. The smallest absolute Gasteiger partial charge is 0.321 e. The van der Waals surface area contributed by atoms with Crippen LogP contribution in [0, 0.1) is 0 Å². The number of rotatable bonds is 5. The van der Waals surface area contributed by atoms with Gasteiger partial charge in [0.2, 0.25) is 0 Å². The molecule has 0 aromatic heterocycles. The third-order valence-electron chi connectivity index (χ3n) is 3.52. The molecule has 1 aromatic rings. The van der Waals surface area contributed by atoms with Crippen LogP contribution in [0.25, 0.3) is 0 Å². The Hall–Kier alpha value is -3.23. The summed E-state index contributed by atoms with van der Waals surface area (Å²) in [5, 5.41) is 4.56. The van der Waals surface area contributed by atoms with Crippen LogP contribution in [0.4, 0.5) is 4.79 Å². The Balaban J connectivity index is 1.76. The second-order valence-corrected chi connectivity index (χ2v) is 6.97. The lowest BCUT2D eigenvalue weighted by molar-refractivity contribution is -0.148. The molecule has 0 saturated carbocycles. The fraction of sp³-hybridized carbons (Fsp3) is 0.389.